The van der Waals surface area contributed by atoms with Gasteiger partial charge in [0.2, 0.25) is 0 Å². The van der Waals surface area contributed by atoms with Gasteiger partial charge in [0.25, 0.3) is 0 Å². The number of nitrogens with one attached hydrogen (secondary N) is 1. The van der Waals surface area contributed by atoms with Gasteiger partial charge in [-0.25, -0.2) is 4.98 Å². The summed E-state index contributed by atoms with van der Waals surface area (Å²) >= 11 is 1.72. The molecule has 20 heavy (non-hydrogen) atoms. The van der Waals surface area contributed by atoms with E-state index in [4.69, 9.17) is 9.72 Å². The van der Waals surface area contributed by atoms with Gasteiger partial charge in [0.05, 0.1) is 16.8 Å². The van der Waals surface area contributed by atoms with Crippen LogP contribution in [0.25, 0.3) is 11.3 Å². The normalized spacial score (nSPS) is 14.2. The Morgan fingerprint density at radius 1 is 1.30 bits per heavy atom. The minimum absolute atomic E-state index is 0.189. The Hall–Kier alpha value is -1.23. The Bertz CT molecular complexity index is 512. The van der Waals surface area contributed by atoms with Crippen molar-refractivity contribution in [3.05, 3.63) is 40.7 Å². The smallest absolute Gasteiger partial charge is 0.0949 e. The monoisotopic (exact) mass is 290 g/mol. The molecule has 3 nitrogen and oxygen atoms in total. The van der Waals surface area contributed by atoms with Gasteiger partial charge >= 0.3 is 0 Å². The van der Waals surface area contributed by atoms with E-state index in [0.717, 1.165) is 23.7 Å². The lowest BCUT2D eigenvalue weighted by molar-refractivity contribution is 0.0496. The van der Waals surface area contributed by atoms with E-state index in [0.29, 0.717) is 6.04 Å². The lowest BCUT2D eigenvalue weighted by atomic mass is 10.1. The molecule has 0 aliphatic rings. The SMILES string of the molecule is CCOC(C)C(Cc1nc(-c2ccccc2)cs1)NC. The summed E-state index contributed by atoms with van der Waals surface area (Å²) in [5.74, 6) is 0. The van der Waals surface area contributed by atoms with Gasteiger partial charge in [-0.3, -0.25) is 0 Å². The highest BCUT2D eigenvalue weighted by atomic mass is 32.1. The molecule has 2 aromatic rings. The van der Waals surface area contributed by atoms with Crippen LogP contribution in [0.3, 0.4) is 0 Å². The third-order valence-electron chi connectivity index (χ3n) is 3.38. The maximum atomic E-state index is 5.67. The summed E-state index contributed by atoms with van der Waals surface area (Å²) in [6, 6.07) is 10.6. The molecule has 1 heterocycles. The molecule has 1 aromatic carbocycles. The topological polar surface area (TPSA) is 34.1 Å². The largest absolute Gasteiger partial charge is 0.377 e. The number of likely N-dealkylation sites (N-methyl/N-ethyl adjacent to an activating group) is 1. The molecule has 0 fully saturated rings. The van der Waals surface area contributed by atoms with Gasteiger partial charge in [0, 0.05) is 30.0 Å². The molecular formula is C16H22N2OS. The number of nitrogens with zero attached hydrogens (tertiary/aromatic N) is 1. The average molecular weight is 290 g/mol. The first-order valence-corrected chi connectivity index (χ1v) is 7.91. The van der Waals surface area contributed by atoms with Crippen LogP contribution < -0.4 is 5.32 Å². The van der Waals surface area contributed by atoms with Crippen molar-refractivity contribution >= 4 is 11.3 Å². The maximum absolute atomic E-state index is 5.67. The Morgan fingerprint density at radius 2 is 2.05 bits per heavy atom. The quantitative estimate of drug-likeness (QED) is 0.849. The lowest BCUT2D eigenvalue weighted by Gasteiger charge is -2.22. The van der Waals surface area contributed by atoms with Crippen LogP contribution in [0.1, 0.15) is 18.9 Å². The van der Waals surface area contributed by atoms with Crippen molar-refractivity contribution < 1.29 is 4.74 Å². The summed E-state index contributed by atoms with van der Waals surface area (Å²) in [7, 11) is 1.98. The van der Waals surface area contributed by atoms with E-state index in [1.807, 2.05) is 32.2 Å². The molecule has 0 amide bonds. The third kappa shape index (κ3) is 3.88. The molecule has 0 spiro atoms. The maximum Gasteiger partial charge on any atom is 0.0949 e. The van der Waals surface area contributed by atoms with Crippen LogP contribution in [0.5, 0.6) is 0 Å². The van der Waals surface area contributed by atoms with Gasteiger partial charge < -0.3 is 10.1 Å². The molecule has 0 aliphatic carbocycles. The van der Waals surface area contributed by atoms with Crippen LogP contribution in [-0.4, -0.2) is 30.8 Å². The number of hydrogen-bond acceptors (Lipinski definition) is 4. The highest BCUT2D eigenvalue weighted by molar-refractivity contribution is 7.09. The Morgan fingerprint density at radius 3 is 2.70 bits per heavy atom. The summed E-state index contributed by atoms with van der Waals surface area (Å²) < 4.78 is 5.67. The van der Waals surface area contributed by atoms with Crippen LogP contribution in [-0.2, 0) is 11.2 Å². The van der Waals surface area contributed by atoms with Crippen LogP contribution in [0.15, 0.2) is 35.7 Å². The summed E-state index contributed by atoms with van der Waals surface area (Å²) in [6.45, 7) is 4.88. The fourth-order valence-electron chi connectivity index (χ4n) is 2.22. The summed E-state index contributed by atoms with van der Waals surface area (Å²) in [5, 5.41) is 6.60. The van der Waals surface area contributed by atoms with Crippen molar-refractivity contribution in [1.29, 1.82) is 0 Å². The first kappa shape index (κ1) is 15.2. The van der Waals surface area contributed by atoms with Crippen molar-refractivity contribution in [2.24, 2.45) is 0 Å². The van der Waals surface area contributed by atoms with Crippen molar-refractivity contribution in [3.8, 4) is 11.3 Å². The standard InChI is InChI=1S/C16H22N2OS/c1-4-19-12(2)14(17-3)10-16-18-15(11-20-16)13-8-6-5-7-9-13/h5-9,11-12,14,17H,4,10H2,1-3H3. The predicted molar refractivity (Wildman–Crippen MR) is 85.2 cm³/mol. The molecule has 2 unspecified atom stereocenters. The second-order valence-electron chi connectivity index (χ2n) is 4.75. The minimum Gasteiger partial charge on any atom is -0.377 e. The molecule has 0 radical (unpaired) electrons. The van der Waals surface area contributed by atoms with Gasteiger partial charge in [-0.05, 0) is 20.9 Å². The van der Waals surface area contributed by atoms with Gasteiger partial charge in [0.15, 0.2) is 0 Å². The number of benzene rings is 1. The van der Waals surface area contributed by atoms with E-state index in [9.17, 15) is 0 Å². The molecule has 0 saturated heterocycles. The highest BCUT2D eigenvalue weighted by Gasteiger charge is 2.18. The average Bonchev–Trinajstić information content (AvgIpc) is 2.94. The Balaban J connectivity index is 2.05. The predicted octanol–water partition coefficient (Wildman–Crippen LogP) is 3.37. The fraction of sp³-hybridized carbons (Fsp3) is 0.438. The van der Waals surface area contributed by atoms with E-state index in [2.05, 4.69) is 29.8 Å². The Kier molecular flexibility index (Phi) is 5.71. The lowest BCUT2D eigenvalue weighted by Crippen LogP contribution is -2.39. The number of hydrogen-bond donors (Lipinski definition) is 1. The number of aromatic nitrogens is 1. The minimum atomic E-state index is 0.189. The molecule has 1 N–H and O–H groups in total. The molecule has 2 rings (SSSR count). The van der Waals surface area contributed by atoms with Crippen LogP contribution in [0.2, 0.25) is 0 Å². The Labute approximate surface area is 125 Å². The van der Waals surface area contributed by atoms with Gasteiger partial charge in [-0.2, -0.15) is 0 Å². The molecule has 4 heteroatoms. The molecule has 108 valence electrons. The zero-order chi connectivity index (χ0) is 14.4. The van der Waals surface area contributed by atoms with Crippen molar-refractivity contribution in [1.82, 2.24) is 10.3 Å². The first-order valence-electron chi connectivity index (χ1n) is 7.03. The second-order valence-corrected chi connectivity index (χ2v) is 5.69. The van der Waals surface area contributed by atoms with E-state index in [1.165, 1.54) is 5.56 Å². The van der Waals surface area contributed by atoms with Crippen LogP contribution in [0, 0.1) is 0 Å². The van der Waals surface area contributed by atoms with Gasteiger partial charge in [-0.1, -0.05) is 30.3 Å². The van der Waals surface area contributed by atoms with Crippen molar-refractivity contribution in [2.75, 3.05) is 13.7 Å². The summed E-state index contributed by atoms with van der Waals surface area (Å²) in [6.07, 6.45) is 1.09. The molecular weight excluding hydrogens is 268 g/mol. The van der Waals surface area contributed by atoms with Crippen molar-refractivity contribution in [2.45, 2.75) is 32.4 Å². The van der Waals surface area contributed by atoms with Crippen LogP contribution in [0.4, 0.5) is 0 Å². The molecule has 2 atom stereocenters. The number of thiazole rings is 1. The van der Waals surface area contributed by atoms with Crippen molar-refractivity contribution in [3.63, 3.8) is 0 Å². The van der Waals surface area contributed by atoms with E-state index in [-0.39, 0.29) is 6.10 Å². The molecule has 0 aliphatic heterocycles. The molecule has 0 bridgehead atoms. The van der Waals surface area contributed by atoms with Crippen LogP contribution >= 0.6 is 11.3 Å². The number of rotatable bonds is 7. The summed E-state index contributed by atoms with van der Waals surface area (Å²) in [4.78, 5) is 4.73. The van der Waals surface area contributed by atoms with E-state index >= 15 is 0 Å². The second kappa shape index (κ2) is 7.53. The number of ether oxygens (including phenoxy) is 1. The van der Waals surface area contributed by atoms with Gasteiger partial charge in [-0.15, -0.1) is 11.3 Å². The first-order chi connectivity index (χ1) is 9.74. The summed E-state index contributed by atoms with van der Waals surface area (Å²) in [5.41, 5.74) is 2.23. The zero-order valence-electron chi connectivity index (χ0n) is 12.3. The van der Waals surface area contributed by atoms with E-state index < -0.39 is 0 Å². The molecule has 0 saturated carbocycles. The van der Waals surface area contributed by atoms with Gasteiger partial charge in [0.1, 0.15) is 0 Å². The zero-order valence-corrected chi connectivity index (χ0v) is 13.1. The highest BCUT2D eigenvalue weighted by Crippen LogP contribution is 2.22. The third-order valence-corrected chi connectivity index (χ3v) is 4.25. The molecule has 1 aromatic heterocycles. The van der Waals surface area contributed by atoms with E-state index in [1.54, 1.807) is 11.3 Å². The fourth-order valence-corrected chi connectivity index (χ4v) is 3.08.